The van der Waals surface area contributed by atoms with Crippen LogP contribution in [0.4, 0.5) is 5.82 Å². The molecule has 0 aromatic carbocycles. The van der Waals surface area contributed by atoms with Gasteiger partial charge >= 0.3 is 5.97 Å². The molecule has 19 heavy (non-hydrogen) atoms. The fourth-order valence-corrected chi connectivity index (χ4v) is 2.27. The van der Waals surface area contributed by atoms with Gasteiger partial charge in [0.15, 0.2) is 11.8 Å². The van der Waals surface area contributed by atoms with Crippen molar-refractivity contribution in [3.63, 3.8) is 0 Å². The highest BCUT2D eigenvalue weighted by Crippen LogP contribution is 2.20. The highest BCUT2D eigenvalue weighted by Gasteiger charge is 2.27. The number of nitrogens with zero attached hydrogens (tertiary/aromatic N) is 4. The standard InChI is InChI=1S/C12H14N4O3/c1-8-4-10-13-7-14-16(10)11(5-8)15-2-3-19-9(6-15)12(17)18/h4-5,7,9H,2-3,6H2,1H3,(H,17,18). The Kier molecular flexibility index (Phi) is 2.83. The van der Waals surface area contributed by atoms with Crippen molar-refractivity contribution in [1.29, 1.82) is 0 Å². The first-order chi connectivity index (χ1) is 9.15. The van der Waals surface area contributed by atoms with Crippen LogP contribution in [0.5, 0.6) is 0 Å². The fourth-order valence-electron chi connectivity index (χ4n) is 2.27. The van der Waals surface area contributed by atoms with Crippen molar-refractivity contribution in [2.24, 2.45) is 0 Å². The maximum Gasteiger partial charge on any atom is 0.334 e. The number of carboxylic acids is 1. The predicted molar refractivity (Wildman–Crippen MR) is 67.3 cm³/mol. The Labute approximate surface area is 109 Å². The van der Waals surface area contributed by atoms with Gasteiger partial charge in [-0.15, -0.1) is 0 Å². The summed E-state index contributed by atoms with van der Waals surface area (Å²) in [5, 5.41) is 13.2. The van der Waals surface area contributed by atoms with Gasteiger partial charge < -0.3 is 14.7 Å². The molecule has 0 bridgehead atoms. The average molecular weight is 262 g/mol. The molecule has 1 saturated heterocycles. The molecule has 1 unspecified atom stereocenters. The summed E-state index contributed by atoms with van der Waals surface area (Å²) in [6, 6.07) is 3.91. The number of aromatic nitrogens is 3. The zero-order chi connectivity index (χ0) is 13.4. The van der Waals surface area contributed by atoms with Crippen LogP contribution >= 0.6 is 0 Å². The van der Waals surface area contributed by atoms with Crippen LogP contribution in [-0.4, -0.2) is 51.5 Å². The molecule has 1 aliphatic heterocycles. The van der Waals surface area contributed by atoms with Crippen molar-refractivity contribution in [1.82, 2.24) is 14.6 Å². The Morgan fingerprint density at radius 3 is 3.16 bits per heavy atom. The number of rotatable bonds is 2. The van der Waals surface area contributed by atoms with Crippen LogP contribution in [0.2, 0.25) is 0 Å². The minimum atomic E-state index is -0.938. The molecule has 1 N–H and O–H groups in total. The van der Waals surface area contributed by atoms with E-state index in [1.54, 1.807) is 4.52 Å². The average Bonchev–Trinajstić information content (AvgIpc) is 2.85. The summed E-state index contributed by atoms with van der Waals surface area (Å²) in [7, 11) is 0. The first kappa shape index (κ1) is 11.9. The van der Waals surface area contributed by atoms with Crippen molar-refractivity contribution in [2.45, 2.75) is 13.0 Å². The van der Waals surface area contributed by atoms with Crippen LogP contribution in [0.3, 0.4) is 0 Å². The summed E-state index contributed by atoms with van der Waals surface area (Å²) in [6.45, 7) is 3.32. The molecule has 0 saturated carbocycles. The van der Waals surface area contributed by atoms with Gasteiger partial charge in [-0.2, -0.15) is 9.61 Å². The van der Waals surface area contributed by atoms with Crippen molar-refractivity contribution in [3.8, 4) is 0 Å². The summed E-state index contributed by atoms with van der Waals surface area (Å²) in [5.41, 5.74) is 1.82. The lowest BCUT2D eigenvalue weighted by molar-refractivity contribution is -0.150. The van der Waals surface area contributed by atoms with Gasteiger partial charge in [0.25, 0.3) is 0 Å². The number of ether oxygens (including phenoxy) is 1. The van der Waals surface area contributed by atoms with Gasteiger partial charge in [-0.25, -0.2) is 9.78 Å². The van der Waals surface area contributed by atoms with E-state index < -0.39 is 12.1 Å². The minimum absolute atomic E-state index is 0.313. The van der Waals surface area contributed by atoms with Crippen molar-refractivity contribution < 1.29 is 14.6 Å². The molecule has 0 radical (unpaired) electrons. The Morgan fingerprint density at radius 2 is 2.37 bits per heavy atom. The third kappa shape index (κ3) is 2.12. The van der Waals surface area contributed by atoms with Gasteiger partial charge in [-0.1, -0.05) is 0 Å². The third-order valence-corrected chi connectivity index (χ3v) is 3.17. The molecule has 0 amide bonds. The van der Waals surface area contributed by atoms with E-state index in [1.165, 1.54) is 6.33 Å². The monoisotopic (exact) mass is 262 g/mol. The molecule has 1 aliphatic rings. The number of hydrogen-bond acceptors (Lipinski definition) is 5. The summed E-state index contributed by atoms with van der Waals surface area (Å²) >= 11 is 0. The van der Waals surface area contributed by atoms with Crippen LogP contribution < -0.4 is 4.90 Å². The van der Waals surface area contributed by atoms with E-state index in [4.69, 9.17) is 9.84 Å². The van der Waals surface area contributed by atoms with Gasteiger partial charge in [0, 0.05) is 6.54 Å². The van der Waals surface area contributed by atoms with E-state index in [2.05, 4.69) is 10.1 Å². The van der Waals surface area contributed by atoms with Crippen molar-refractivity contribution in [3.05, 3.63) is 24.0 Å². The van der Waals surface area contributed by atoms with Crippen LogP contribution in [0.25, 0.3) is 5.65 Å². The molecule has 2 aromatic rings. The molecule has 2 aromatic heterocycles. The highest BCUT2D eigenvalue weighted by molar-refractivity contribution is 5.73. The van der Waals surface area contributed by atoms with Crippen LogP contribution in [-0.2, 0) is 9.53 Å². The van der Waals surface area contributed by atoms with E-state index in [9.17, 15) is 4.79 Å². The molecule has 7 nitrogen and oxygen atoms in total. The quantitative estimate of drug-likeness (QED) is 0.840. The van der Waals surface area contributed by atoms with E-state index in [0.29, 0.717) is 19.7 Å². The number of carbonyl (C=O) groups is 1. The molecule has 0 spiro atoms. The van der Waals surface area contributed by atoms with Crippen molar-refractivity contribution >= 4 is 17.4 Å². The summed E-state index contributed by atoms with van der Waals surface area (Å²) in [4.78, 5) is 17.2. The summed E-state index contributed by atoms with van der Waals surface area (Å²) < 4.78 is 6.95. The number of fused-ring (bicyclic) bond motifs is 1. The first-order valence-corrected chi connectivity index (χ1v) is 6.05. The smallest absolute Gasteiger partial charge is 0.334 e. The Balaban J connectivity index is 1.99. The topological polar surface area (TPSA) is 80.0 Å². The fraction of sp³-hybridized carbons (Fsp3) is 0.417. The van der Waals surface area contributed by atoms with Gasteiger partial charge in [0.2, 0.25) is 0 Å². The summed E-state index contributed by atoms with van der Waals surface area (Å²) in [6.07, 6.45) is 0.695. The SMILES string of the molecule is Cc1cc(N2CCOC(C(=O)O)C2)n2ncnc2c1. The van der Waals surface area contributed by atoms with Crippen molar-refractivity contribution in [2.75, 3.05) is 24.6 Å². The second-order valence-corrected chi connectivity index (χ2v) is 4.56. The molecule has 100 valence electrons. The Bertz CT molecular complexity index is 624. The molecular weight excluding hydrogens is 248 g/mol. The molecule has 1 atom stereocenters. The van der Waals surface area contributed by atoms with E-state index in [0.717, 1.165) is 17.0 Å². The molecule has 1 fully saturated rings. The number of morpholine rings is 1. The highest BCUT2D eigenvalue weighted by atomic mass is 16.5. The zero-order valence-electron chi connectivity index (χ0n) is 10.5. The first-order valence-electron chi connectivity index (χ1n) is 6.05. The van der Waals surface area contributed by atoms with Gasteiger partial charge in [0.1, 0.15) is 12.1 Å². The largest absolute Gasteiger partial charge is 0.479 e. The Morgan fingerprint density at radius 1 is 1.53 bits per heavy atom. The third-order valence-electron chi connectivity index (χ3n) is 3.17. The number of anilines is 1. The van der Waals surface area contributed by atoms with Crippen LogP contribution in [0, 0.1) is 6.92 Å². The summed E-state index contributed by atoms with van der Waals surface area (Å²) in [5.74, 6) is -0.0887. The number of carboxylic acid groups (broad SMARTS) is 1. The molecule has 0 aliphatic carbocycles. The second-order valence-electron chi connectivity index (χ2n) is 4.56. The molecular formula is C12H14N4O3. The van der Waals surface area contributed by atoms with Gasteiger partial charge in [-0.3, -0.25) is 0 Å². The predicted octanol–water partition coefficient (Wildman–Crippen LogP) is 0.328. The van der Waals surface area contributed by atoms with Gasteiger partial charge in [0.05, 0.1) is 13.2 Å². The van der Waals surface area contributed by atoms with Crippen LogP contribution in [0.15, 0.2) is 18.5 Å². The second kappa shape index (κ2) is 4.51. The van der Waals surface area contributed by atoms with E-state index in [1.807, 2.05) is 24.0 Å². The Hall–Kier alpha value is -2.15. The lowest BCUT2D eigenvalue weighted by Crippen LogP contribution is -2.46. The molecule has 3 rings (SSSR count). The number of hydrogen-bond donors (Lipinski definition) is 1. The van der Waals surface area contributed by atoms with E-state index in [-0.39, 0.29) is 0 Å². The normalized spacial score (nSPS) is 19.8. The zero-order valence-corrected chi connectivity index (χ0v) is 10.5. The lowest BCUT2D eigenvalue weighted by atomic mass is 10.2. The number of aryl methyl sites for hydroxylation is 1. The molecule has 3 heterocycles. The van der Waals surface area contributed by atoms with E-state index >= 15 is 0 Å². The minimum Gasteiger partial charge on any atom is -0.479 e. The number of pyridine rings is 1. The van der Waals surface area contributed by atoms with Crippen LogP contribution in [0.1, 0.15) is 5.56 Å². The number of aliphatic carboxylic acids is 1. The molecule has 7 heteroatoms. The maximum absolute atomic E-state index is 11.0. The van der Waals surface area contributed by atoms with Gasteiger partial charge in [-0.05, 0) is 24.6 Å². The lowest BCUT2D eigenvalue weighted by Gasteiger charge is -2.32. The maximum atomic E-state index is 11.0.